The first-order valence-corrected chi connectivity index (χ1v) is 10.4. The Bertz CT molecular complexity index is 1230. The van der Waals surface area contributed by atoms with Crippen molar-refractivity contribution >= 4 is 22.2 Å². The normalized spacial score (nSPS) is 12.0. The third-order valence-electron chi connectivity index (χ3n) is 4.45. The van der Waals surface area contributed by atoms with Crippen LogP contribution in [0.3, 0.4) is 0 Å². The summed E-state index contributed by atoms with van der Waals surface area (Å²) in [5.41, 5.74) is 3.59. The topological polar surface area (TPSA) is 122 Å². The molecule has 31 heavy (non-hydrogen) atoms. The number of likely N-dealkylation sites (N-methyl/N-ethyl adjacent to an activating group) is 1. The summed E-state index contributed by atoms with van der Waals surface area (Å²) in [5.74, 6) is 4.81. The van der Waals surface area contributed by atoms with Crippen LogP contribution in [0.25, 0.3) is 5.69 Å². The zero-order valence-corrected chi connectivity index (χ0v) is 17.2. The van der Waals surface area contributed by atoms with E-state index < -0.39 is 22.0 Å². The summed E-state index contributed by atoms with van der Waals surface area (Å²) in [6, 6.07) is 11.6. The number of rotatable bonds is 6. The summed E-state index contributed by atoms with van der Waals surface area (Å²) in [7, 11) is -3.07. The van der Waals surface area contributed by atoms with Gasteiger partial charge in [-0.2, -0.15) is 4.31 Å². The summed E-state index contributed by atoms with van der Waals surface area (Å²) >= 11 is 0. The Labute approximate surface area is 179 Å². The molecule has 1 heterocycles. The van der Waals surface area contributed by atoms with Gasteiger partial charge in [0.2, 0.25) is 10.0 Å². The van der Waals surface area contributed by atoms with Crippen molar-refractivity contribution in [1.82, 2.24) is 19.3 Å². The quantitative estimate of drug-likeness (QED) is 0.194. The Morgan fingerprint density at radius 3 is 2.19 bits per heavy atom. The number of nitrogens with one attached hydrogen (secondary N) is 1. The van der Waals surface area contributed by atoms with Gasteiger partial charge in [-0.15, -0.1) is 0 Å². The summed E-state index contributed by atoms with van der Waals surface area (Å²) < 4.78 is 27.7. The Morgan fingerprint density at radius 2 is 1.71 bits per heavy atom. The molecule has 0 aliphatic rings. The number of carbonyl (C=O) groups is 2. The van der Waals surface area contributed by atoms with Gasteiger partial charge in [0.25, 0.3) is 5.91 Å². The number of amides is 1. The Hall–Kier alpha value is -3.78. The van der Waals surface area contributed by atoms with Gasteiger partial charge in [0, 0.05) is 36.3 Å². The van der Waals surface area contributed by atoms with Crippen LogP contribution in [-0.4, -0.2) is 52.8 Å². The zero-order chi connectivity index (χ0) is 22.4. The maximum Gasteiger partial charge on any atom is 0.269 e. The van der Waals surface area contributed by atoms with Crippen LogP contribution in [0.15, 0.2) is 72.1 Å². The van der Waals surface area contributed by atoms with E-state index in [0.29, 0.717) is 9.87 Å². The van der Waals surface area contributed by atoms with Crippen LogP contribution in [0.4, 0.5) is 0 Å². The number of benzene rings is 2. The zero-order valence-electron chi connectivity index (χ0n) is 16.3. The SMILES string of the molecule is CN([C@@H](C=O)C(=O)NO)S(=O)(=O)c1ccc(C#Cc2ccc(-n3ccnc3)cc2)cc1. The van der Waals surface area contributed by atoms with Gasteiger partial charge in [-0.05, 0) is 48.5 Å². The number of aldehydes is 1. The van der Waals surface area contributed by atoms with Gasteiger partial charge in [-0.1, -0.05) is 11.8 Å². The number of aromatic nitrogens is 2. The second kappa shape index (κ2) is 9.36. The maximum atomic E-state index is 12.6. The monoisotopic (exact) mass is 438 g/mol. The van der Waals surface area contributed by atoms with E-state index in [1.807, 2.05) is 35.0 Å². The molecule has 2 N–H and O–H groups in total. The molecule has 3 aromatic rings. The lowest BCUT2D eigenvalue weighted by Crippen LogP contribution is -2.47. The largest absolute Gasteiger partial charge is 0.306 e. The van der Waals surface area contributed by atoms with Crippen molar-refractivity contribution in [3.8, 4) is 17.5 Å². The van der Waals surface area contributed by atoms with Gasteiger partial charge in [-0.25, -0.2) is 18.9 Å². The third kappa shape index (κ3) is 4.87. The average Bonchev–Trinajstić information content (AvgIpc) is 3.33. The summed E-state index contributed by atoms with van der Waals surface area (Å²) in [4.78, 5) is 26.5. The highest BCUT2D eigenvalue weighted by Crippen LogP contribution is 2.17. The minimum atomic E-state index is -4.14. The van der Waals surface area contributed by atoms with Crippen LogP contribution in [0, 0.1) is 11.8 Å². The van der Waals surface area contributed by atoms with Gasteiger partial charge in [-0.3, -0.25) is 10.0 Å². The Kier molecular flexibility index (Phi) is 6.61. The molecule has 0 radical (unpaired) electrons. The summed E-state index contributed by atoms with van der Waals surface area (Å²) in [6.07, 6.45) is 5.35. The molecule has 0 fully saturated rings. The highest BCUT2D eigenvalue weighted by Gasteiger charge is 2.32. The van der Waals surface area contributed by atoms with Crippen LogP contribution >= 0.6 is 0 Å². The Balaban J connectivity index is 1.76. The van der Waals surface area contributed by atoms with Gasteiger partial charge in [0.05, 0.1) is 11.2 Å². The number of carbonyl (C=O) groups excluding carboxylic acids is 2. The molecule has 0 spiro atoms. The maximum absolute atomic E-state index is 12.6. The molecule has 0 aliphatic carbocycles. The minimum Gasteiger partial charge on any atom is -0.306 e. The van der Waals surface area contributed by atoms with Gasteiger partial charge >= 0.3 is 0 Å². The van der Waals surface area contributed by atoms with E-state index >= 15 is 0 Å². The van der Waals surface area contributed by atoms with E-state index in [2.05, 4.69) is 16.8 Å². The highest BCUT2D eigenvalue weighted by molar-refractivity contribution is 7.89. The number of nitrogens with zero attached hydrogens (tertiary/aromatic N) is 3. The van der Waals surface area contributed by atoms with E-state index in [1.165, 1.54) is 29.7 Å². The summed E-state index contributed by atoms with van der Waals surface area (Å²) in [5, 5.41) is 8.67. The first-order chi connectivity index (χ1) is 14.9. The predicted octanol–water partition coefficient (Wildman–Crippen LogP) is 0.966. The van der Waals surface area contributed by atoms with Crippen molar-refractivity contribution in [2.75, 3.05) is 7.05 Å². The van der Waals surface area contributed by atoms with Crippen LogP contribution in [0.2, 0.25) is 0 Å². The minimum absolute atomic E-state index is 0.122. The second-order valence-corrected chi connectivity index (χ2v) is 8.37. The summed E-state index contributed by atoms with van der Waals surface area (Å²) in [6.45, 7) is 0. The lowest BCUT2D eigenvalue weighted by molar-refractivity contribution is -0.135. The molecule has 0 bridgehead atoms. The first kappa shape index (κ1) is 21.9. The molecular formula is C21H18N4O5S. The molecule has 10 heteroatoms. The molecule has 9 nitrogen and oxygen atoms in total. The van der Waals surface area contributed by atoms with Crippen LogP contribution in [0.1, 0.15) is 11.1 Å². The van der Waals surface area contributed by atoms with Crippen molar-refractivity contribution in [2.45, 2.75) is 10.9 Å². The predicted molar refractivity (Wildman–Crippen MR) is 111 cm³/mol. The molecule has 158 valence electrons. The number of imidazole rings is 1. The van der Waals surface area contributed by atoms with E-state index in [1.54, 1.807) is 12.5 Å². The van der Waals surface area contributed by atoms with E-state index in [0.717, 1.165) is 18.3 Å². The van der Waals surface area contributed by atoms with Crippen molar-refractivity contribution < 1.29 is 23.2 Å². The molecule has 0 unspecified atom stereocenters. The molecular weight excluding hydrogens is 420 g/mol. The molecule has 0 aliphatic heterocycles. The van der Waals surface area contributed by atoms with Gasteiger partial charge in [0.1, 0.15) is 6.29 Å². The number of hydrogen-bond donors (Lipinski definition) is 2. The molecule has 0 saturated carbocycles. The lowest BCUT2D eigenvalue weighted by atomic mass is 10.1. The van der Waals surface area contributed by atoms with Crippen LogP contribution < -0.4 is 5.48 Å². The van der Waals surface area contributed by atoms with Crippen molar-refractivity contribution in [3.63, 3.8) is 0 Å². The fraction of sp³-hybridized carbons (Fsp3) is 0.0952. The number of hydrogen-bond acceptors (Lipinski definition) is 6. The van der Waals surface area contributed by atoms with E-state index in [4.69, 9.17) is 5.21 Å². The lowest BCUT2D eigenvalue weighted by Gasteiger charge is -2.21. The molecule has 0 saturated heterocycles. The highest BCUT2D eigenvalue weighted by atomic mass is 32.2. The van der Waals surface area contributed by atoms with E-state index in [9.17, 15) is 18.0 Å². The van der Waals surface area contributed by atoms with Crippen molar-refractivity contribution in [3.05, 3.63) is 78.4 Å². The smallest absolute Gasteiger partial charge is 0.269 e. The van der Waals surface area contributed by atoms with Crippen molar-refractivity contribution in [2.24, 2.45) is 0 Å². The molecule has 3 rings (SSSR count). The Morgan fingerprint density at radius 1 is 1.13 bits per heavy atom. The van der Waals surface area contributed by atoms with E-state index in [-0.39, 0.29) is 11.2 Å². The number of sulfonamides is 1. The van der Waals surface area contributed by atoms with Gasteiger partial charge < -0.3 is 9.36 Å². The standard InChI is InChI=1S/C21H18N4O5S/c1-24(20(14-26)21(27)23-28)31(29,30)19-10-6-17(7-11-19)3-2-16-4-8-18(9-5-16)25-13-12-22-15-25/h4-15,20,28H,1H3,(H,23,27)/t20-/m0/s1. The number of hydroxylamine groups is 1. The molecule has 1 atom stereocenters. The fourth-order valence-corrected chi connectivity index (χ4v) is 3.93. The van der Waals surface area contributed by atoms with Gasteiger partial charge in [0.15, 0.2) is 6.04 Å². The molecule has 2 aromatic carbocycles. The van der Waals surface area contributed by atoms with Crippen LogP contribution in [-0.2, 0) is 19.6 Å². The fourth-order valence-electron chi connectivity index (χ4n) is 2.68. The van der Waals surface area contributed by atoms with Crippen LogP contribution in [0.5, 0.6) is 0 Å². The second-order valence-electron chi connectivity index (χ2n) is 6.37. The third-order valence-corrected chi connectivity index (χ3v) is 6.31. The molecule has 1 amide bonds. The molecule has 1 aromatic heterocycles. The van der Waals surface area contributed by atoms with Crippen molar-refractivity contribution in [1.29, 1.82) is 0 Å². The average molecular weight is 438 g/mol. The first-order valence-electron chi connectivity index (χ1n) is 8.94.